The largest absolute Gasteiger partial charge is 0.445 e. The summed E-state index contributed by atoms with van der Waals surface area (Å²) in [5.74, 6) is 3.81. The zero-order valence-corrected chi connectivity index (χ0v) is 18.7. The fraction of sp³-hybridized carbons (Fsp3) is 0.708. The standard InChI is InChI=1S/C24H34N4O3/c1-3-20-10-21(27-31-20)24-12-18(24)14-28(15-24)9-8-17-4-6-19(7-5-17)26-22(29)11-23-25-13-16(2)30-23/h10,13,17-19H,3-9,11-12,14-15H2,1-2H3,(H,26,29)/t17?,18-,19?,24-/m0/s1. The monoisotopic (exact) mass is 426 g/mol. The maximum atomic E-state index is 12.2. The molecule has 7 heteroatoms. The summed E-state index contributed by atoms with van der Waals surface area (Å²) in [5.41, 5.74) is 1.47. The van der Waals surface area contributed by atoms with Gasteiger partial charge in [0.1, 0.15) is 17.9 Å². The molecule has 1 N–H and O–H groups in total. The number of fused-ring (bicyclic) bond motifs is 1. The van der Waals surface area contributed by atoms with Gasteiger partial charge in [-0.1, -0.05) is 12.1 Å². The molecule has 168 valence electrons. The third-order valence-electron chi connectivity index (χ3n) is 7.68. The van der Waals surface area contributed by atoms with Gasteiger partial charge in [0.25, 0.3) is 0 Å². The van der Waals surface area contributed by atoms with Crippen molar-refractivity contribution in [3.63, 3.8) is 0 Å². The van der Waals surface area contributed by atoms with Crippen molar-refractivity contribution in [3.8, 4) is 0 Å². The highest BCUT2D eigenvalue weighted by atomic mass is 16.5. The number of nitrogens with zero attached hydrogens (tertiary/aromatic N) is 3. The molecule has 0 bridgehead atoms. The fourth-order valence-electron chi connectivity index (χ4n) is 5.73. The van der Waals surface area contributed by atoms with Gasteiger partial charge in [-0.15, -0.1) is 0 Å². The molecule has 3 aliphatic rings. The maximum absolute atomic E-state index is 12.2. The lowest BCUT2D eigenvalue weighted by Gasteiger charge is -2.30. The highest BCUT2D eigenvalue weighted by Crippen LogP contribution is 2.58. The molecule has 1 amide bonds. The van der Waals surface area contributed by atoms with Crippen LogP contribution in [0.1, 0.15) is 68.6 Å². The number of hydrogen-bond acceptors (Lipinski definition) is 6. The lowest BCUT2D eigenvalue weighted by molar-refractivity contribution is -0.121. The molecule has 0 unspecified atom stereocenters. The summed E-state index contributed by atoms with van der Waals surface area (Å²) in [6.45, 7) is 7.49. The summed E-state index contributed by atoms with van der Waals surface area (Å²) < 4.78 is 10.9. The van der Waals surface area contributed by atoms with Gasteiger partial charge in [0, 0.05) is 37.0 Å². The summed E-state index contributed by atoms with van der Waals surface area (Å²) in [4.78, 5) is 19.0. The molecule has 0 spiro atoms. The maximum Gasteiger partial charge on any atom is 0.229 e. The molecular formula is C24H34N4O3. The highest BCUT2D eigenvalue weighted by Gasteiger charge is 2.62. The second kappa shape index (κ2) is 8.41. The first-order valence-corrected chi connectivity index (χ1v) is 11.9. The summed E-state index contributed by atoms with van der Waals surface area (Å²) in [6.07, 6.45) is 9.90. The number of likely N-dealkylation sites (tertiary alicyclic amines) is 1. The Kier molecular flexibility index (Phi) is 5.63. The topological polar surface area (TPSA) is 84.4 Å². The van der Waals surface area contributed by atoms with Crippen LogP contribution in [0.4, 0.5) is 0 Å². The number of hydrogen-bond donors (Lipinski definition) is 1. The van der Waals surface area contributed by atoms with E-state index >= 15 is 0 Å². The molecule has 2 atom stereocenters. The molecule has 1 aliphatic heterocycles. The Morgan fingerprint density at radius 2 is 2.16 bits per heavy atom. The van der Waals surface area contributed by atoms with E-state index in [1.54, 1.807) is 6.20 Å². The van der Waals surface area contributed by atoms with E-state index in [0.717, 1.165) is 49.2 Å². The van der Waals surface area contributed by atoms with E-state index < -0.39 is 0 Å². The average Bonchev–Trinajstić information content (AvgIpc) is 3.17. The number of carbonyl (C=O) groups excluding carboxylic acids is 1. The molecule has 7 nitrogen and oxygen atoms in total. The van der Waals surface area contributed by atoms with Crippen molar-refractivity contribution in [1.29, 1.82) is 0 Å². The van der Waals surface area contributed by atoms with Crippen molar-refractivity contribution < 1.29 is 13.7 Å². The van der Waals surface area contributed by atoms with Gasteiger partial charge in [-0.2, -0.15) is 0 Å². The Bertz CT molecular complexity index is 914. The van der Waals surface area contributed by atoms with E-state index in [2.05, 4.69) is 33.3 Å². The van der Waals surface area contributed by atoms with Gasteiger partial charge in [0.15, 0.2) is 0 Å². The first-order chi connectivity index (χ1) is 15.0. The van der Waals surface area contributed by atoms with Crippen molar-refractivity contribution in [2.75, 3.05) is 19.6 Å². The number of oxazole rings is 1. The Morgan fingerprint density at radius 3 is 2.87 bits per heavy atom. The summed E-state index contributed by atoms with van der Waals surface area (Å²) in [6, 6.07) is 2.48. The highest BCUT2D eigenvalue weighted by molar-refractivity contribution is 5.77. The number of rotatable bonds is 8. The molecule has 3 fully saturated rings. The van der Waals surface area contributed by atoms with E-state index in [9.17, 15) is 4.79 Å². The molecule has 5 rings (SSSR count). The van der Waals surface area contributed by atoms with Crippen molar-refractivity contribution >= 4 is 5.91 Å². The van der Waals surface area contributed by atoms with Crippen LogP contribution in [0.3, 0.4) is 0 Å². The van der Waals surface area contributed by atoms with Crippen LogP contribution in [0.5, 0.6) is 0 Å². The van der Waals surface area contributed by atoms with E-state index in [1.165, 1.54) is 44.5 Å². The van der Waals surface area contributed by atoms with Gasteiger partial charge < -0.3 is 19.2 Å². The Morgan fingerprint density at radius 1 is 1.32 bits per heavy atom. The van der Waals surface area contributed by atoms with Crippen LogP contribution in [0.25, 0.3) is 0 Å². The lowest BCUT2D eigenvalue weighted by atomic mass is 9.84. The van der Waals surface area contributed by atoms with Crippen molar-refractivity contribution in [2.24, 2.45) is 11.8 Å². The minimum Gasteiger partial charge on any atom is -0.445 e. The van der Waals surface area contributed by atoms with Crippen LogP contribution in [0.15, 0.2) is 21.2 Å². The lowest BCUT2D eigenvalue weighted by Crippen LogP contribution is -2.39. The SMILES string of the molecule is CCc1cc([C@]23C[C@H]2CN(CCC2CCC(NC(=O)Cc4ncc(C)o4)CC2)C3)no1. The molecule has 31 heavy (non-hydrogen) atoms. The van der Waals surface area contributed by atoms with Crippen LogP contribution in [-0.2, 0) is 23.1 Å². The molecule has 2 aromatic heterocycles. The molecule has 1 saturated heterocycles. The van der Waals surface area contributed by atoms with Crippen LogP contribution in [-0.4, -0.2) is 46.6 Å². The van der Waals surface area contributed by atoms with Crippen molar-refractivity contribution in [1.82, 2.24) is 20.4 Å². The minimum absolute atomic E-state index is 0.0194. The van der Waals surface area contributed by atoms with Gasteiger partial charge in [0.05, 0.1) is 11.9 Å². The van der Waals surface area contributed by atoms with Gasteiger partial charge in [0.2, 0.25) is 11.8 Å². The fourth-order valence-corrected chi connectivity index (χ4v) is 5.73. The third kappa shape index (κ3) is 4.43. The molecule has 3 heterocycles. The van der Waals surface area contributed by atoms with E-state index in [1.807, 2.05) is 6.92 Å². The summed E-state index contributed by atoms with van der Waals surface area (Å²) in [5, 5.41) is 7.55. The van der Waals surface area contributed by atoms with E-state index in [0.29, 0.717) is 11.9 Å². The number of carbonyl (C=O) groups is 1. The average molecular weight is 427 g/mol. The van der Waals surface area contributed by atoms with Crippen LogP contribution in [0.2, 0.25) is 0 Å². The van der Waals surface area contributed by atoms with Gasteiger partial charge in [-0.3, -0.25) is 4.79 Å². The minimum atomic E-state index is 0.0194. The second-order valence-electron chi connectivity index (χ2n) is 9.94. The molecule has 0 aromatic carbocycles. The first-order valence-electron chi connectivity index (χ1n) is 11.9. The predicted octanol–water partition coefficient (Wildman–Crippen LogP) is 3.41. The Hall–Kier alpha value is -2.15. The zero-order valence-electron chi connectivity index (χ0n) is 18.7. The van der Waals surface area contributed by atoms with Crippen molar-refractivity contribution in [2.45, 2.75) is 76.7 Å². The van der Waals surface area contributed by atoms with E-state index in [-0.39, 0.29) is 17.7 Å². The second-order valence-corrected chi connectivity index (χ2v) is 9.94. The summed E-state index contributed by atoms with van der Waals surface area (Å²) >= 11 is 0. The Balaban J connectivity index is 1.02. The smallest absolute Gasteiger partial charge is 0.229 e. The zero-order chi connectivity index (χ0) is 21.4. The molecular weight excluding hydrogens is 392 g/mol. The Labute approximate surface area is 183 Å². The van der Waals surface area contributed by atoms with Gasteiger partial charge in [-0.25, -0.2) is 4.98 Å². The van der Waals surface area contributed by atoms with Crippen LogP contribution >= 0.6 is 0 Å². The normalized spacial score (nSPS) is 30.3. The first kappa shape index (κ1) is 20.7. The van der Waals surface area contributed by atoms with Gasteiger partial charge in [-0.05, 0) is 63.8 Å². The molecule has 2 aliphatic carbocycles. The number of nitrogens with one attached hydrogen (secondary N) is 1. The van der Waals surface area contributed by atoms with Crippen molar-refractivity contribution in [3.05, 3.63) is 35.4 Å². The predicted molar refractivity (Wildman–Crippen MR) is 116 cm³/mol. The van der Waals surface area contributed by atoms with Gasteiger partial charge >= 0.3 is 0 Å². The number of aromatic nitrogens is 2. The number of amides is 1. The van der Waals surface area contributed by atoms with E-state index in [4.69, 9.17) is 8.94 Å². The molecule has 2 aromatic rings. The molecule has 0 radical (unpaired) electrons. The number of piperidine rings is 1. The van der Waals surface area contributed by atoms with Crippen LogP contribution in [0, 0.1) is 18.8 Å². The molecule has 2 saturated carbocycles. The summed E-state index contributed by atoms with van der Waals surface area (Å²) in [7, 11) is 0. The van der Waals surface area contributed by atoms with Crippen LogP contribution < -0.4 is 5.32 Å². The third-order valence-corrected chi connectivity index (χ3v) is 7.68. The quantitative estimate of drug-likeness (QED) is 0.696. The number of aryl methyl sites for hydroxylation is 2.